The zero-order chi connectivity index (χ0) is 63.9. The Morgan fingerprint density at radius 3 is 1.45 bits per heavy atom. The van der Waals surface area contributed by atoms with E-state index in [9.17, 15) is 4.11 Å². The van der Waals surface area contributed by atoms with Crippen LogP contribution in [-0.2, 0) is 21.7 Å². The Kier molecular flexibility index (Phi) is 13.5. The molecule has 3 heterocycles. The van der Waals surface area contributed by atoms with Crippen LogP contribution in [-0.4, -0.2) is 14.1 Å². The Labute approximate surface area is 524 Å². The molecule has 3 aromatic heterocycles. The highest BCUT2D eigenvalue weighted by Crippen LogP contribution is 2.43. The Hall–Kier alpha value is -9.58. The van der Waals surface area contributed by atoms with E-state index in [0.29, 0.717) is 22.9 Å². The van der Waals surface area contributed by atoms with Gasteiger partial charge in [0, 0.05) is 32.7 Å². The predicted molar refractivity (Wildman–Crippen MR) is 369 cm³/mol. The smallest absolute Gasteiger partial charge is 0.269 e. The first-order chi connectivity index (χ1) is 43.2. The number of aryl methyl sites for hydroxylation is 1. The summed E-state index contributed by atoms with van der Waals surface area (Å²) in [6, 6.07) is 80.9. The van der Waals surface area contributed by atoms with Gasteiger partial charge in [-0.2, -0.15) is 0 Å². The van der Waals surface area contributed by atoms with Gasteiger partial charge in [-0.1, -0.05) is 247 Å². The average Bonchev–Trinajstić information content (AvgIpc) is 1.66. The van der Waals surface area contributed by atoms with Gasteiger partial charge in [0.25, 0.3) is 6.33 Å². The van der Waals surface area contributed by atoms with Crippen molar-refractivity contribution in [3.05, 3.63) is 271 Å². The molecule has 0 aliphatic carbocycles. The first kappa shape index (κ1) is 53.9. The highest BCUT2D eigenvalue weighted by molar-refractivity contribution is 6.09. The van der Waals surface area contributed by atoms with Crippen LogP contribution in [0.25, 0.3) is 106 Å². The molecule has 0 N–H and O–H groups in total. The summed E-state index contributed by atoms with van der Waals surface area (Å²) in [5.74, 6) is 1.74. The van der Waals surface area contributed by atoms with Gasteiger partial charge in [0.1, 0.15) is 17.3 Å². The summed E-state index contributed by atoms with van der Waals surface area (Å²) in [4.78, 5) is 5.28. The lowest BCUT2D eigenvalue weighted by Gasteiger charge is -2.27. The van der Waals surface area contributed by atoms with Gasteiger partial charge in [-0.05, 0) is 167 Å². The maximum absolute atomic E-state index is 9.32. The summed E-state index contributed by atoms with van der Waals surface area (Å²) in [5, 5.41) is 2.00. The largest absolute Gasteiger partial charge is 0.458 e. The zero-order valence-corrected chi connectivity index (χ0v) is 52.7. The fourth-order valence-electron chi connectivity index (χ4n) is 12.2. The third kappa shape index (κ3) is 11.0. The lowest BCUT2D eigenvalue weighted by atomic mass is 9.78. The van der Waals surface area contributed by atoms with Crippen molar-refractivity contribution < 1.29 is 13.4 Å². The molecule has 0 amide bonds. The van der Waals surface area contributed by atoms with Gasteiger partial charge in [0.05, 0.1) is 33.4 Å². The van der Waals surface area contributed by atoms with Gasteiger partial charge in [-0.3, -0.25) is 13.7 Å². The topological polar surface area (TPSA) is 35.9 Å². The molecule has 5 heteroatoms. The highest BCUT2D eigenvalue weighted by Gasteiger charge is 2.26. The summed E-state index contributed by atoms with van der Waals surface area (Å²) >= 11 is 0. The standard InChI is InChI=1S/C83H78N4O/c1-54-40-78(84-52-73(54)61-42-57(59-44-62(80(2,3)4)48-63(45-59)81(5,6)7)41-58(43-61)60-46-64(82(8,9)10)49-65(47-60)83(11,12)13)87-74-35-21-20-32-71(74)72-39-38-68(51-77(72)87)88-67-31-24-30-66(50-67)85-53-86(76-37-23-22-36-75(76)85)79-69(55-26-16-14-17-27-55)33-25-34-70(79)56-28-18-15-19-29-56/h14-52H,1-13H3/i1D3. The van der Waals surface area contributed by atoms with Crippen molar-refractivity contribution in [2.45, 2.75) is 112 Å². The van der Waals surface area contributed by atoms with Crippen LogP contribution in [0.5, 0.6) is 11.5 Å². The minimum Gasteiger partial charge on any atom is -0.458 e. The molecule has 88 heavy (non-hydrogen) atoms. The molecule has 0 fully saturated rings. The van der Waals surface area contributed by atoms with Crippen LogP contribution in [0.3, 0.4) is 0 Å². The number of para-hydroxylation sites is 4. The second kappa shape index (κ2) is 22.0. The van der Waals surface area contributed by atoms with Crippen molar-refractivity contribution in [3.63, 3.8) is 0 Å². The quantitative estimate of drug-likeness (QED) is 0.101. The van der Waals surface area contributed by atoms with E-state index < -0.39 is 6.85 Å². The molecule has 436 valence electrons. The summed E-state index contributed by atoms with van der Waals surface area (Å²) in [6.07, 6.45) is 5.58. The zero-order valence-electron chi connectivity index (χ0n) is 55.7. The minimum atomic E-state index is -2.52. The average molecular weight is 1150 g/mol. The first-order valence-corrected chi connectivity index (χ1v) is 30.7. The van der Waals surface area contributed by atoms with Crippen molar-refractivity contribution in [3.8, 4) is 84.3 Å². The molecular weight excluding hydrogens is 1070 g/mol. The van der Waals surface area contributed by atoms with Gasteiger partial charge in [0.15, 0.2) is 0 Å². The van der Waals surface area contributed by atoms with Crippen molar-refractivity contribution in [2.24, 2.45) is 0 Å². The number of pyridine rings is 1. The molecule has 10 aromatic carbocycles. The van der Waals surface area contributed by atoms with Gasteiger partial charge in [0.2, 0.25) is 0 Å². The van der Waals surface area contributed by atoms with E-state index in [1.807, 2.05) is 42.5 Å². The van der Waals surface area contributed by atoms with Gasteiger partial charge >= 0.3 is 0 Å². The molecule has 0 saturated carbocycles. The second-order valence-corrected chi connectivity index (χ2v) is 27.8. The normalized spacial score (nSPS) is 13.0. The number of aromatic nitrogens is 4. The molecule has 13 rings (SSSR count). The lowest BCUT2D eigenvalue weighted by Crippen LogP contribution is -2.31. The van der Waals surface area contributed by atoms with Crippen LogP contribution in [0.1, 0.15) is 115 Å². The molecule has 13 aromatic rings. The molecule has 0 bridgehead atoms. The van der Waals surface area contributed by atoms with Gasteiger partial charge < -0.3 is 4.74 Å². The molecule has 0 atom stereocenters. The van der Waals surface area contributed by atoms with Crippen molar-refractivity contribution >= 4 is 32.8 Å². The summed E-state index contributed by atoms with van der Waals surface area (Å²) in [6.45, 7) is 24.7. The third-order valence-corrected chi connectivity index (χ3v) is 17.3. The molecule has 0 radical (unpaired) electrons. The van der Waals surface area contributed by atoms with Crippen molar-refractivity contribution in [1.82, 2.24) is 14.1 Å². The number of imidazole rings is 1. The summed E-state index contributed by atoms with van der Waals surface area (Å²) in [5.41, 5.74) is 20.3. The van der Waals surface area contributed by atoms with Crippen molar-refractivity contribution in [2.75, 3.05) is 0 Å². The predicted octanol–water partition coefficient (Wildman–Crippen LogP) is 21.8. The SMILES string of the molecule is [2H]C([2H])([2H])c1cc(-n2c3ccccc3c3ccc(Oc4cccc(-n5[c-][n+](-c6c(-c7ccccc7)cccc6-c6ccccc6)c6ccccc65)c4)cc32)ncc1-c1cc(-c2cc(C(C)(C)C)cc(C(C)(C)C)c2)cc(-c2cc(C(C)(C)C)cc(C(C)(C)C)c2)c1. The van der Waals surface area contributed by atoms with Crippen LogP contribution in [0, 0.1) is 13.2 Å². The van der Waals surface area contributed by atoms with Gasteiger partial charge in [-0.15, -0.1) is 0 Å². The number of hydrogen-bond donors (Lipinski definition) is 0. The van der Waals surface area contributed by atoms with Crippen LogP contribution < -0.4 is 9.30 Å². The fraction of sp³-hybridized carbons (Fsp3) is 0.205. The van der Waals surface area contributed by atoms with E-state index in [2.05, 4.69) is 285 Å². The van der Waals surface area contributed by atoms with Crippen molar-refractivity contribution in [1.29, 1.82) is 0 Å². The van der Waals surface area contributed by atoms with Crippen LogP contribution >= 0.6 is 0 Å². The van der Waals surface area contributed by atoms with E-state index in [1.54, 1.807) is 12.3 Å². The van der Waals surface area contributed by atoms with E-state index >= 15 is 0 Å². The molecule has 0 unspecified atom stereocenters. The maximum atomic E-state index is 9.32. The molecule has 0 saturated heterocycles. The monoisotopic (exact) mass is 1150 g/mol. The Morgan fingerprint density at radius 2 is 0.886 bits per heavy atom. The molecule has 5 nitrogen and oxygen atoms in total. The number of ether oxygens (including phenoxy) is 1. The first-order valence-electron chi connectivity index (χ1n) is 32.2. The molecule has 0 spiro atoms. The third-order valence-electron chi connectivity index (χ3n) is 17.3. The van der Waals surface area contributed by atoms with E-state index in [1.165, 1.54) is 22.3 Å². The summed E-state index contributed by atoms with van der Waals surface area (Å²) < 4.78 is 41.2. The van der Waals surface area contributed by atoms with E-state index in [4.69, 9.17) is 9.72 Å². The lowest BCUT2D eigenvalue weighted by molar-refractivity contribution is -0.571. The molecular formula is C83H78N4O. The highest BCUT2D eigenvalue weighted by atomic mass is 16.5. The molecule has 0 aliphatic heterocycles. The van der Waals surface area contributed by atoms with Gasteiger partial charge in [-0.25, -0.2) is 4.98 Å². The Balaban J connectivity index is 0.930. The molecule has 0 aliphatic rings. The second-order valence-electron chi connectivity index (χ2n) is 27.8. The van der Waals surface area contributed by atoms with Crippen LogP contribution in [0.2, 0.25) is 0 Å². The number of hydrogen-bond acceptors (Lipinski definition) is 2. The number of nitrogens with zero attached hydrogens (tertiary/aromatic N) is 4. The Bertz CT molecular complexity index is 4710. The number of fused-ring (bicyclic) bond motifs is 4. The van der Waals surface area contributed by atoms with E-state index in [-0.39, 0.29) is 27.2 Å². The van der Waals surface area contributed by atoms with Crippen LogP contribution in [0.4, 0.5) is 0 Å². The van der Waals surface area contributed by atoms with Crippen LogP contribution in [0.15, 0.2) is 237 Å². The Morgan fingerprint density at radius 1 is 0.398 bits per heavy atom. The minimum absolute atomic E-state index is 0.119. The van der Waals surface area contributed by atoms with E-state index in [0.717, 1.165) is 94.3 Å². The fourth-order valence-corrected chi connectivity index (χ4v) is 12.2. The maximum Gasteiger partial charge on any atom is 0.269 e. The summed E-state index contributed by atoms with van der Waals surface area (Å²) in [7, 11) is 0. The number of rotatable bonds is 10. The number of benzene rings is 10.